The first-order valence-electron chi connectivity index (χ1n) is 6.25. The summed E-state index contributed by atoms with van der Waals surface area (Å²) >= 11 is 0. The van der Waals surface area contributed by atoms with Gasteiger partial charge in [-0.05, 0) is 43.7 Å². The molecule has 17 heavy (non-hydrogen) atoms. The molecule has 3 nitrogen and oxygen atoms in total. The number of piperidine rings is 1. The Hall–Kier alpha value is -1.51. The number of aryl methyl sites for hydroxylation is 1. The Bertz CT molecular complexity index is 457. The standard InChI is InChI=1S/C14H17NO2/c1-9-4-2-3-5-12(9)15-11-7-6-10(8-11)13(15)14(16)17/h2-5,10-11,13H,6-8H2,1H3,(H,16,17). The van der Waals surface area contributed by atoms with Crippen molar-refractivity contribution < 1.29 is 9.90 Å². The lowest BCUT2D eigenvalue weighted by Gasteiger charge is -2.35. The summed E-state index contributed by atoms with van der Waals surface area (Å²) < 4.78 is 0. The summed E-state index contributed by atoms with van der Waals surface area (Å²) in [7, 11) is 0. The molecular formula is C14H17NO2. The van der Waals surface area contributed by atoms with Crippen LogP contribution in [0.3, 0.4) is 0 Å². The second kappa shape index (κ2) is 3.76. The van der Waals surface area contributed by atoms with Gasteiger partial charge in [0.15, 0.2) is 0 Å². The van der Waals surface area contributed by atoms with Crippen molar-refractivity contribution >= 4 is 11.7 Å². The molecule has 1 saturated carbocycles. The van der Waals surface area contributed by atoms with Crippen molar-refractivity contribution in [2.75, 3.05) is 4.90 Å². The molecule has 2 aliphatic rings. The monoisotopic (exact) mass is 231 g/mol. The topological polar surface area (TPSA) is 40.5 Å². The second-order valence-electron chi connectivity index (χ2n) is 5.20. The molecule has 1 aromatic rings. The minimum atomic E-state index is -0.666. The highest BCUT2D eigenvalue weighted by molar-refractivity contribution is 5.81. The molecule has 2 bridgehead atoms. The lowest BCUT2D eigenvalue weighted by atomic mass is 9.97. The highest BCUT2D eigenvalue weighted by atomic mass is 16.4. The van der Waals surface area contributed by atoms with Crippen LogP contribution >= 0.6 is 0 Å². The zero-order valence-corrected chi connectivity index (χ0v) is 9.97. The number of rotatable bonds is 2. The van der Waals surface area contributed by atoms with E-state index in [1.54, 1.807) is 0 Å². The van der Waals surface area contributed by atoms with Crippen LogP contribution in [0.1, 0.15) is 24.8 Å². The lowest BCUT2D eigenvalue weighted by Crippen LogP contribution is -2.46. The molecule has 1 aliphatic heterocycles. The summed E-state index contributed by atoms with van der Waals surface area (Å²) in [6.45, 7) is 2.06. The minimum Gasteiger partial charge on any atom is -0.480 e. The molecule has 0 radical (unpaired) electrons. The summed E-state index contributed by atoms with van der Waals surface area (Å²) in [4.78, 5) is 13.6. The first-order valence-corrected chi connectivity index (χ1v) is 6.25. The molecule has 1 heterocycles. The van der Waals surface area contributed by atoms with Crippen LogP contribution in [0.2, 0.25) is 0 Å². The van der Waals surface area contributed by atoms with Gasteiger partial charge in [-0.25, -0.2) is 4.79 Å². The summed E-state index contributed by atoms with van der Waals surface area (Å²) in [5, 5.41) is 9.42. The number of hydrogen-bond acceptors (Lipinski definition) is 2. The molecular weight excluding hydrogens is 214 g/mol. The second-order valence-corrected chi connectivity index (χ2v) is 5.20. The van der Waals surface area contributed by atoms with Crippen LogP contribution < -0.4 is 4.90 Å². The maximum atomic E-state index is 11.4. The average molecular weight is 231 g/mol. The Morgan fingerprint density at radius 2 is 2.12 bits per heavy atom. The van der Waals surface area contributed by atoms with Crippen LogP contribution in [0.5, 0.6) is 0 Å². The quantitative estimate of drug-likeness (QED) is 0.849. The normalized spacial score (nSPS) is 30.9. The molecule has 0 amide bonds. The van der Waals surface area contributed by atoms with Crippen molar-refractivity contribution in [2.24, 2.45) is 5.92 Å². The number of anilines is 1. The van der Waals surface area contributed by atoms with E-state index < -0.39 is 5.97 Å². The van der Waals surface area contributed by atoms with Crippen molar-refractivity contribution in [3.8, 4) is 0 Å². The van der Waals surface area contributed by atoms with Gasteiger partial charge in [0.25, 0.3) is 0 Å². The highest BCUT2D eigenvalue weighted by Gasteiger charge is 2.49. The van der Waals surface area contributed by atoms with Crippen molar-refractivity contribution in [2.45, 2.75) is 38.3 Å². The Labute approximate surface area is 101 Å². The van der Waals surface area contributed by atoms with Gasteiger partial charge in [0.1, 0.15) is 6.04 Å². The number of fused-ring (bicyclic) bond motifs is 2. The Kier molecular flexibility index (Phi) is 2.35. The van der Waals surface area contributed by atoms with E-state index in [0.29, 0.717) is 12.0 Å². The first-order chi connectivity index (χ1) is 8.18. The van der Waals surface area contributed by atoms with Crippen molar-refractivity contribution in [1.29, 1.82) is 0 Å². The fraction of sp³-hybridized carbons (Fsp3) is 0.500. The molecule has 1 aromatic carbocycles. The highest BCUT2D eigenvalue weighted by Crippen LogP contribution is 2.45. The molecule has 3 atom stereocenters. The third-order valence-electron chi connectivity index (χ3n) is 4.23. The van der Waals surface area contributed by atoms with Crippen LogP contribution in [-0.4, -0.2) is 23.2 Å². The van der Waals surface area contributed by atoms with Crippen LogP contribution in [0, 0.1) is 12.8 Å². The van der Waals surface area contributed by atoms with Gasteiger partial charge in [-0.1, -0.05) is 18.2 Å². The molecule has 1 N–H and O–H groups in total. The van der Waals surface area contributed by atoms with Gasteiger partial charge in [0, 0.05) is 11.7 Å². The van der Waals surface area contributed by atoms with Gasteiger partial charge in [-0.15, -0.1) is 0 Å². The molecule has 1 aliphatic carbocycles. The van der Waals surface area contributed by atoms with Crippen LogP contribution in [0.15, 0.2) is 24.3 Å². The van der Waals surface area contributed by atoms with Gasteiger partial charge >= 0.3 is 5.97 Å². The SMILES string of the molecule is Cc1ccccc1N1C2CCC(C2)C1C(=O)O. The number of nitrogens with zero attached hydrogens (tertiary/aromatic N) is 1. The van der Waals surface area contributed by atoms with Crippen molar-refractivity contribution in [3.05, 3.63) is 29.8 Å². The van der Waals surface area contributed by atoms with E-state index in [0.717, 1.165) is 24.9 Å². The van der Waals surface area contributed by atoms with Crippen LogP contribution in [-0.2, 0) is 4.79 Å². The predicted octanol–water partition coefficient (Wildman–Crippen LogP) is 2.44. The van der Waals surface area contributed by atoms with Gasteiger partial charge in [0.2, 0.25) is 0 Å². The Morgan fingerprint density at radius 1 is 1.35 bits per heavy atom. The molecule has 2 fully saturated rings. The molecule has 3 heteroatoms. The number of carbonyl (C=O) groups is 1. The Morgan fingerprint density at radius 3 is 2.82 bits per heavy atom. The first kappa shape index (κ1) is 10.6. The molecule has 90 valence electrons. The summed E-state index contributed by atoms with van der Waals surface area (Å²) in [6.07, 6.45) is 3.26. The van der Waals surface area contributed by atoms with E-state index in [1.165, 1.54) is 5.56 Å². The van der Waals surface area contributed by atoms with Gasteiger partial charge in [-0.2, -0.15) is 0 Å². The van der Waals surface area contributed by atoms with Gasteiger partial charge in [-0.3, -0.25) is 0 Å². The van der Waals surface area contributed by atoms with Crippen LogP contribution in [0.25, 0.3) is 0 Å². The zero-order chi connectivity index (χ0) is 12.0. The number of aliphatic carboxylic acids is 1. The van der Waals surface area contributed by atoms with E-state index in [9.17, 15) is 9.90 Å². The number of carboxylic acid groups (broad SMARTS) is 1. The molecule has 3 rings (SSSR count). The average Bonchev–Trinajstić information content (AvgIpc) is 2.89. The van der Waals surface area contributed by atoms with E-state index in [4.69, 9.17) is 0 Å². The molecule has 3 unspecified atom stereocenters. The maximum Gasteiger partial charge on any atom is 0.326 e. The summed E-state index contributed by atoms with van der Waals surface area (Å²) in [5.74, 6) is -0.322. The van der Waals surface area contributed by atoms with Crippen LogP contribution in [0.4, 0.5) is 5.69 Å². The molecule has 0 aromatic heterocycles. The van der Waals surface area contributed by atoms with E-state index >= 15 is 0 Å². The van der Waals surface area contributed by atoms with E-state index in [2.05, 4.69) is 17.9 Å². The fourth-order valence-electron chi connectivity index (χ4n) is 3.51. The zero-order valence-electron chi connectivity index (χ0n) is 9.97. The third-order valence-corrected chi connectivity index (χ3v) is 4.23. The minimum absolute atomic E-state index is 0.310. The predicted molar refractivity (Wildman–Crippen MR) is 66.2 cm³/mol. The number of hydrogen-bond donors (Lipinski definition) is 1. The summed E-state index contributed by atoms with van der Waals surface area (Å²) in [6, 6.07) is 8.22. The third kappa shape index (κ3) is 1.53. The van der Waals surface area contributed by atoms with Gasteiger partial charge < -0.3 is 10.0 Å². The smallest absolute Gasteiger partial charge is 0.326 e. The Balaban J connectivity index is 2.02. The van der Waals surface area contributed by atoms with Crippen molar-refractivity contribution in [1.82, 2.24) is 0 Å². The molecule has 0 spiro atoms. The number of carboxylic acids is 1. The number of para-hydroxylation sites is 1. The van der Waals surface area contributed by atoms with E-state index in [-0.39, 0.29) is 6.04 Å². The van der Waals surface area contributed by atoms with Gasteiger partial charge in [0.05, 0.1) is 0 Å². The maximum absolute atomic E-state index is 11.4. The summed E-state index contributed by atoms with van der Waals surface area (Å²) in [5.41, 5.74) is 2.28. The molecule has 1 saturated heterocycles. The fourth-order valence-corrected chi connectivity index (χ4v) is 3.51. The lowest BCUT2D eigenvalue weighted by molar-refractivity contribution is -0.139. The van der Waals surface area contributed by atoms with Crippen molar-refractivity contribution in [3.63, 3.8) is 0 Å². The largest absolute Gasteiger partial charge is 0.480 e. The number of benzene rings is 1. The van der Waals surface area contributed by atoms with E-state index in [1.807, 2.05) is 18.2 Å².